The molecule has 2 N–H and O–H groups in total. The molecule has 0 saturated carbocycles. The quantitative estimate of drug-likeness (QED) is 0.742. The molecule has 0 spiro atoms. The SMILES string of the molecule is CSc1ccc(S(=O)(=O)Nc2ccc(F)cc2)cc1NC(=O)C(C)C. The van der Waals surface area contributed by atoms with Crippen molar-refractivity contribution in [3.63, 3.8) is 0 Å². The number of anilines is 2. The molecule has 25 heavy (non-hydrogen) atoms. The maximum Gasteiger partial charge on any atom is 0.261 e. The van der Waals surface area contributed by atoms with E-state index in [1.807, 2.05) is 6.26 Å². The lowest BCUT2D eigenvalue weighted by Gasteiger charge is -2.14. The number of halogens is 1. The van der Waals surface area contributed by atoms with Gasteiger partial charge in [-0.25, -0.2) is 12.8 Å². The van der Waals surface area contributed by atoms with Crippen LogP contribution < -0.4 is 10.0 Å². The predicted octanol–water partition coefficient (Wildman–Crippen LogP) is 3.94. The van der Waals surface area contributed by atoms with Crippen molar-refractivity contribution in [2.45, 2.75) is 23.6 Å². The van der Waals surface area contributed by atoms with Crippen LogP contribution in [0.3, 0.4) is 0 Å². The van der Waals surface area contributed by atoms with Crippen LogP contribution in [0.5, 0.6) is 0 Å². The third kappa shape index (κ3) is 4.96. The van der Waals surface area contributed by atoms with Crippen molar-refractivity contribution in [1.29, 1.82) is 0 Å². The molecule has 0 aliphatic carbocycles. The summed E-state index contributed by atoms with van der Waals surface area (Å²) in [6.07, 6.45) is 1.84. The normalized spacial score (nSPS) is 11.4. The highest BCUT2D eigenvalue weighted by Gasteiger charge is 2.18. The highest BCUT2D eigenvalue weighted by molar-refractivity contribution is 7.98. The Morgan fingerprint density at radius 2 is 1.76 bits per heavy atom. The van der Waals surface area contributed by atoms with Gasteiger partial charge in [-0.05, 0) is 48.7 Å². The third-order valence-electron chi connectivity index (χ3n) is 3.36. The van der Waals surface area contributed by atoms with Gasteiger partial charge in [0.25, 0.3) is 10.0 Å². The number of hydrogen-bond donors (Lipinski definition) is 2. The molecule has 8 heteroatoms. The molecule has 0 radical (unpaired) electrons. The van der Waals surface area contributed by atoms with Crippen LogP contribution in [0.1, 0.15) is 13.8 Å². The van der Waals surface area contributed by atoms with E-state index in [2.05, 4.69) is 10.0 Å². The van der Waals surface area contributed by atoms with Crippen LogP contribution in [0.2, 0.25) is 0 Å². The summed E-state index contributed by atoms with van der Waals surface area (Å²) in [7, 11) is -3.86. The number of thioether (sulfide) groups is 1. The van der Waals surface area contributed by atoms with Gasteiger partial charge in [0, 0.05) is 16.5 Å². The Hall–Kier alpha value is -2.06. The summed E-state index contributed by atoms with van der Waals surface area (Å²) in [4.78, 5) is 12.7. The molecule has 2 aromatic carbocycles. The minimum Gasteiger partial charge on any atom is -0.325 e. The zero-order valence-corrected chi connectivity index (χ0v) is 15.7. The van der Waals surface area contributed by atoms with Gasteiger partial charge in [0.2, 0.25) is 5.91 Å². The minimum absolute atomic E-state index is 0.00804. The van der Waals surface area contributed by atoms with Crippen LogP contribution >= 0.6 is 11.8 Å². The molecule has 2 aromatic rings. The first-order valence-electron chi connectivity index (χ1n) is 7.50. The van der Waals surface area contributed by atoms with E-state index < -0.39 is 15.8 Å². The van der Waals surface area contributed by atoms with Crippen LogP contribution in [0, 0.1) is 11.7 Å². The van der Waals surface area contributed by atoms with Gasteiger partial charge >= 0.3 is 0 Å². The van der Waals surface area contributed by atoms with Crippen LogP contribution in [0.15, 0.2) is 52.3 Å². The zero-order chi connectivity index (χ0) is 18.6. The van der Waals surface area contributed by atoms with Gasteiger partial charge in [-0.1, -0.05) is 13.8 Å². The van der Waals surface area contributed by atoms with E-state index in [0.29, 0.717) is 5.69 Å². The summed E-state index contributed by atoms with van der Waals surface area (Å²) >= 11 is 1.40. The lowest BCUT2D eigenvalue weighted by molar-refractivity contribution is -0.118. The monoisotopic (exact) mass is 382 g/mol. The minimum atomic E-state index is -3.86. The molecule has 2 rings (SSSR count). The van der Waals surface area contributed by atoms with E-state index in [0.717, 1.165) is 4.90 Å². The van der Waals surface area contributed by atoms with Crippen molar-refractivity contribution >= 4 is 39.1 Å². The van der Waals surface area contributed by atoms with Crippen molar-refractivity contribution in [3.05, 3.63) is 48.3 Å². The molecule has 134 valence electrons. The molecular weight excluding hydrogens is 363 g/mol. The van der Waals surface area contributed by atoms with Gasteiger partial charge < -0.3 is 5.32 Å². The Kier molecular flexibility index (Phi) is 6.07. The van der Waals surface area contributed by atoms with Gasteiger partial charge in [-0.15, -0.1) is 11.8 Å². The molecule has 0 aliphatic heterocycles. The summed E-state index contributed by atoms with van der Waals surface area (Å²) < 4.78 is 40.4. The molecule has 1 amide bonds. The molecule has 0 aromatic heterocycles. The Balaban J connectivity index is 2.34. The number of nitrogens with one attached hydrogen (secondary N) is 2. The average Bonchev–Trinajstić information content (AvgIpc) is 2.56. The van der Waals surface area contributed by atoms with Crippen molar-refractivity contribution in [2.24, 2.45) is 5.92 Å². The predicted molar refractivity (Wildman–Crippen MR) is 98.9 cm³/mol. The first kappa shape index (κ1) is 19.3. The highest BCUT2D eigenvalue weighted by atomic mass is 32.2. The molecule has 0 saturated heterocycles. The van der Waals surface area contributed by atoms with Crippen molar-refractivity contribution < 1.29 is 17.6 Å². The average molecular weight is 382 g/mol. The molecule has 0 heterocycles. The lowest BCUT2D eigenvalue weighted by Crippen LogP contribution is -2.19. The van der Waals surface area contributed by atoms with Crippen molar-refractivity contribution in [3.8, 4) is 0 Å². The first-order chi connectivity index (χ1) is 11.7. The maximum atomic E-state index is 12.9. The zero-order valence-electron chi connectivity index (χ0n) is 14.0. The van der Waals surface area contributed by atoms with Crippen LogP contribution in [0.25, 0.3) is 0 Å². The summed E-state index contributed by atoms with van der Waals surface area (Å²) in [6, 6.07) is 9.53. The van der Waals surface area contributed by atoms with Gasteiger partial charge in [0.05, 0.1) is 10.6 Å². The number of hydrogen-bond acceptors (Lipinski definition) is 4. The highest BCUT2D eigenvalue weighted by Crippen LogP contribution is 2.29. The summed E-state index contributed by atoms with van der Waals surface area (Å²) in [5, 5.41) is 2.74. The molecule has 5 nitrogen and oxygen atoms in total. The Morgan fingerprint density at radius 1 is 1.12 bits per heavy atom. The molecule has 0 unspecified atom stereocenters. The second kappa shape index (κ2) is 7.88. The maximum absolute atomic E-state index is 12.9. The number of sulfonamides is 1. The smallest absolute Gasteiger partial charge is 0.261 e. The van der Waals surface area contributed by atoms with Gasteiger partial charge in [-0.3, -0.25) is 9.52 Å². The van der Waals surface area contributed by atoms with Gasteiger partial charge in [-0.2, -0.15) is 0 Å². The molecule has 0 aliphatic rings. The largest absolute Gasteiger partial charge is 0.325 e. The first-order valence-corrected chi connectivity index (χ1v) is 10.2. The molecule has 0 atom stereocenters. The fourth-order valence-corrected chi connectivity index (χ4v) is 3.58. The van der Waals surface area contributed by atoms with E-state index in [-0.39, 0.29) is 22.4 Å². The molecule has 0 fully saturated rings. The fraction of sp³-hybridized carbons (Fsp3) is 0.235. The van der Waals surface area contributed by atoms with Crippen molar-refractivity contribution in [2.75, 3.05) is 16.3 Å². The number of amides is 1. The Bertz CT molecular complexity index is 866. The lowest BCUT2D eigenvalue weighted by atomic mass is 10.2. The van der Waals surface area contributed by atoms with Crippen LogP contribution in [0.4, 0.5) is 15.8 Å². The van der Waals surface area contributed by atoms with E-state index in [1.165, 1.54) is 48.2 Å². The second-order valence-corrected chi connectivity index (χ2v) is 8.15. The topological polar surface area (TPSA) is 75.3 Å². The Morgan fingerprint density at radius 3 is 2.32 bits per heavy atom. The fourth-order valence-electron chi connectivity index (χ4n) is 1.96. The summed E-state index contributed by atoms with van der Waals surface area (Å²) in [5.74, 6) is -0.880. The van der Waals surface area contributed by atoms with Gasteiger partial charge in [0.1, 0.15) is 5.82 Å². The Labute approximate surface area is 151 Å². The third-order valence-corrected chi connectivity index (χ3v) is 5.53. The van der Waals surface area contributed by atoms with E-state index in [4.69, 9.17) is 0 Å². The van der Waals surface area contributed by atoms with E-state index in [9.17, 15) is 17.6 Å². The van der Waals surface area contributed by atoms with Crippen LogP contribution in [-0.4, -0.2) is 20.6 Å². The number of benzene rings is 2. The summed E-state index contributed by atoms with van der Waals surface area (Å²) in [6.45, 7) is 3.51. The number of carbonyl (C=O) groups is 1. The standard InChI is InChI=1S/C17H19FN2O3S2/c1-11(2)17(21)19-15-10-14(8-9-16(15)24-3)25(22,23)20-13-6-4-12(18)5-7-13/h4-11,20H,1-3H3,(H,19,21). The number of rotatable bonds is 6. The molecule has 0 bridgehead atoms. The van der Waals surface area contributed by atoms with E-state index >= 15 is 0 Å². The van der Waals surface area contributed by atoms with Crippen molar-refractivity contribution in [1.82, 2.24) is 0 Å². The second-order valence-electron chi connectivity index (χ2n) is 5.62. The van der Waals surface area contributed by atoms with E-state index in [1.54, 1.807) is 19.9 Å². The van der Waals surface area contributed by atoms with Crippen LogP contribution in [-0.2, 0) is 14.8 Å². The number of carbonyl (C=O) groups excluding carboxylic acids is 1. The van der Waals surface area contributed by atoms with Gasteiger partial charge in [0.15, 0.2) is 0 Å². The molecular formula is C17H19FN2O3S2. The summed E-state index contributed by atoms with van der Waals surface area (Å²) in [5.41, 5.74) is 0.691.